The second kappa shape index (κ2) is 27.9. The first-order valence-electron chi connectivity index (χ1n) is 0.447. The van der Waals surface area contributed by atoms with Gasteiger partial charge < -0.3 is 0 Å². The third-order valence-corrected chi connectivity index (χ3v) is 0. The fraction of sp³-hybridized carbons (Fsp3) is 0. The van der Waals surface area contributed by atoms with E-state index in [0.29, 0.717) is 0 Å². The van der Waals surface area contributed by atoms with Crippen molar-refractivity contribution in [1.82, 2.24) is 0 Å². The third kappa shape index (κ3) is 37.3. The normalized spacial score (nSPS) is 1.33. The number of nitriles is 1. The molecule has 0 spiro atoms. The Kier molecular flexibility index (Phi) is 114. The zero-order valence-corrected chi connectivity index (χ0v) is 7.19. The van der Waals surface area contributed by atoms with Crippen molar-refractivity contribution in [3.8, 4) is 5.40 Å². The molecule has 0 atom stereocenters. The molecule has 0 heterocycles. The average molecular weight is 203 g/mol. The van der Waals surface area contributed by atoms with Crippen molar-refractivity contribution < 1.29 is 19.5 Å². The first-order valence-corrected chi connectivity index (χ1v) is 0.894. The average Bonchev–Trinajstić information content (AvgIpc) is 0.918. The second-order valence-electron chi connectivity index (χ2n) is 0.100. The van der Waals surface area contributed by atoms with Crippen molar-refractivity contribution in [2.45, 2.75) is 0 Å². The standard InChI is InChI=1S/CHNS.Ca.ClH.Zn.2H/c2-1-3;;;;;/h3H;;1H;;;. The van der Waals surface area contributed by atoms with E-state index in [2.05, 4.69) is 12.6 Å². The minimum absolute atomic E-state index is 0. The summed E-state index contributed by atoms with van der Waals surface area (Å²) in [6, 6.07) is 0. The molecule has 0 radical (unpaired) electrons. The van der Waals surface area contributed by atoms with Crippen molar-refractivity contribution in [1.29, 1.82) is 5.26 Å². The van der Waals surface area contributed by atoms with E-state index >= 15 is 0 Å². The Morgan fingerprint density at radius 3 is 1.50 bits per heavy atom. The molecule has 6 heavy (non-hydrogen) atoms. The van der Waals surface area contributed by atoms with E-state index in [1.54, 1.807) is 0 Å². The Morgan fingerprint density at radius 1 is 1.50 bits per heavy atom. The monoisotopic (exact) mass is 201 g/mol. The Labute approximate surface area is 91.4 Å². The number of thiocyanates is 1. The van der Waals surface area contributed by atoms with Gasteiger partial charge in [-0.25, -0.2) is 0 Å². The predicted octanol–water partition coefficient (Wildman–Crippen LogP) is -0.0996. The maximum atomic E-state index is 7.18. The molecule has 0 saturated carbocycles. The van der Waals surface area contributed by atoms with Gasteiger partial charge in [-0.2, -0.15) is 5.26 Å². The minimum atomic E-state index is 0. The molecule has 0 aliphatic carbocycles. The van der Waals surface area contributed by atoms with Crippen LogP contribution in [0.15, 0.2) is 0 Å². The first-order chi connectivity index (χ1) is 1.41. The molecule has 30 valence electrons. The Balaban J connectivity index is -0.00000000667. The molecule has 0 amide bonds. The van der Waals surface area contributed by atoms with Crippen LogP contribution >= 0.6 is 25.0 Å². The molecule has 0 saturated heterocycles. The van der Waals surface area contributed by atoms with Crippen molar-refractivity contribution in [2.75, 3.05) is 0 Å². The molecular formula is CH4CaClNSZn. The van der Waals surface area contributed by atoms with Gasteiger partial charge in [0.25, 0.3) is 0 Å². The van der Waals surface area contributed by atoms with E-state index < -0.39 is 0 Å². The van der Waals surface area contributed by atoms with Crippen LogP contribution in [0, 0.1) is 10.7 Å². The van der Waals surface area contributed by atoms with Gasteiger partial charge in [-0.15, -0.1) is 12.4 Å². The molecule has 0 aromatic heterocycles. The second-order valence-corrected chi connectivity index (χ2v) is 0.300. The molecule has 0 unspecified atom stereocenters. The molecule has 0 aliphatic rings. The molecule has 1 nitrogen and oxygen atoms in total. The number of hydrogen-bond acceptors (Lipinski definition) is 2. The number of rotatable bonds is 0. The van der Waals surface area contributed by atoms with Crippen LogP contribution in [-0.4, -0.2) is 37.7 Å². The van der Waals surface area contributed by atoms with E-state index in [1.165, 1.54) is 5.40 Å². The van der Waals surface area contributed by atoms with Crippen molar-refractivity contribution in [2.24, 2.45) is 0 Å². The van der Waals surface area contributed by atoms with Gasteiger partial charge in [-0.1, -0.05) is 12.6 Å². The largest absolute Gasteiger partial charge is 0 e. The zero-order valence-electron chi connectivity index (χ0n) is 2.51. The summed E-state index contributed by atoms with van der Waals surface area (Å²) in [4.78, 5) is 0. The van der Waals surface area contributed by atoms with Gasteiger partial charge >= 0.3 is 37.7 Å². The minimum Gasteiger partial charge on any atom is 0 e. The van der Waals surface area contributed by atoms with Crippen LogP contribution in [-0.2, 0) is 19.5 Å². The van der Waals surface area contributed by atoms with Crippen LogP contribution in [0.1, 0.15) is 0 Å². The SMILES string of the molecule is Cl.N#CS.[CaH2].[Zn]. The van der Waals surface area contributed by atoms with E-state index in [0.717, 1.165) is 0 Å². The van der Waals surface area contributed by atoms with Crippen molar-refractivity contribution in [3.63, 3.8) is 0 Å². The Morgan fingerprint density at radius 2 is 1.50 bits per heavy atom. The van der Waals surface area contributed by atoms with Crippen LogP contribution in [0.4, 0.5) is 0 Å². The number of thiol groups is 1. The van der Waals surface area contributed by atoms with Crippen LogP contribution in [0.25, 0.3) is 0 Å². The van der Waals surface area contributed by atoms with Gasteiger partial charge in [0.1, 0.15) is 5.40 Å². The fourth-order valence-electron chi connectivity index (χ4n) is 0. The summed E-state index contributed by atoms with van der Waals surface area (Å²) in [6.07, 6.45) is 0. The van der Waals surface area contributed by atoms with E-state index in [4.69, 9.17) is 5.26 Å². The number of nitrogens with zero attached hydrogens (tertiary/aromatic N) is 1. The molecule has 5 heteroatoms. The van der Waals surface area contributed by atoms with E-state index in [9.17, 15) is 0 Å². The zero-order chi connectivity index (χ0) is 2.71. The number of hydrogen-bond donors (Lipinski definition) is 1. The molecule has 0 bridgehead atoms. The van der Waals surface area contributed by atoms with Gasteiger partial charge in [-0.3, -0.25) is 0 Å². The first kappa shape index (κ1) is 24.5. The Bertz CT molecular complexity index is 37.0. The number of halogens is 1. The van der Waals surface area contributed by atoms with E-state index in [1.807, 2.05) is 0 Å². The van der Waals surface area contributed by atoms with Gasteiger partial charge in [0.2, 0.25) is 0 Å². The van der Waals surface area contributed by atoms with Crippen LogP contribution in [0.3, 0.4) is 0 Å². The molecular weight excluding hydrogens is 199 g/mol. The fourth-order valence-corrected chi connectivity index (χ4v) is 0. The summed E-state index contributed by atoms with van der Waals surface area (Å²) in [7, 11) is 0. The molecule has 0 rings (SSSR count). The van der Waals surface area contributed by atoms with Gasteiger partial charge in [-0.05, 0) is 0 Å². The van der Waals surface area contributed by atoms with Crippen molar-refractivity contribution in [3.05, 3.63) is 0 Å². The molecule has 0 aliphatic heterocycles. The summed E-state index contributed by atoms with van der Waals surface area (Å²) >= 11 is 3.09. The third-order valence-electron chi connectivity index (χ3n) is 0. The van der Waals surface area contributed by atoms with Crippen LogP contribution in [0.2, 0.25) is 0 Å². The summed E-state index contributed by atoms with van der Waals surface area (Å²) in [5.74, 6) is 0. The maximum absolute atomic E-state index is 7.18. The predicted molar refractivity (Wildman–Crippen MR) is 30.4 cm³/mol. The summed E-state index contributed by atoms with van der Waals surface area (Å²) in [5, 5.41) is 8.63. The van der Waals surface area contributed by atoms with Crippen molar-refractivity contribution >= 4 is 62.8 Å². The molecule has 0 N–H and O–H groups in total. The quantitative estimate of drug-likeness (QED) is 0.331. The van der Waals surface area contributed by atoms with Gasteiger partial charge in [0.15, 0.2) is 0 Å². The summed E-state index contributed by atoms with van der Waals surface area (Å²) in [5.41, 5.74) is 0. The summed E-state index contributed by atoms with van der Waals surface area (Å²) < 4.78 is 0. The molecule has 0 aromatic rings. The van der Waals surface area contributed by atoms with E-state index in [-0.39, 0.29) is 69.6 Å². The molecule has 0 fully saturated rings. The summed E-state index contributed by atoms with van der Waals surface area (Å²) in [6.45, 7) is 0. The smallest absolute Gasteiger partial charge is 0 e. The Hall–Kier alpha value is 2.01. The topological polar surface area (TPSA) is 23.8 Å². The van der Waals surface area contributed by atoms with Crippen LogP contribution < -0.4 is 0 Å². The van der Waals surface area contributed by atoms with Crippen LogP contribution in [0.5, 0.6) is 0 Å². The van der Waals surface area contributed by atoms with Gasteiger partial charge in [0.05, 0.1) is 0 Å². The molecule has 0 aromatic carbocycles. The van der Waals surface area contributed by atoms with Gasteiger partial charge in [0, 0.05) is 19.5 Å². The maximum Gasteiger partial charge on any atom is 0 e.